The quantitative estimate of drug-likeness (QED) is 0.390. The number of rotatable bonds is 1. The molecule has 1 N–H and O–H groups in total. The summed E-state index contributed by atoms with van der Waals surface area (Å²) < 4.78 is 33.3. The second-order valence-electron chi connectivity index (χ2n) is 8.18. The molecule has 2 aromatic rings. The molecule has 10 heteroatoms. The van der Waals surface area contributed by atoms with E-state index in [1.54, 1.807) is 0 Å². The Kier molecular flexibility index (Phi) is 4.98. The van der Waals surface area contributed by atoms with Crippen LogP contribution in [0, 0.1) is 18.6 Å². The van der Waals surface area contributed by atoms with Gasteiger partial charge in [0, 0.05) is 72.6 Å². The third-order valence-electron chi connectivity index (χ3n) is 6.43. The van der Waals surface area contributed by atoms with Gasteiger partial charge < -0.3 is 15.1 Å². The van der Waals surface area contributed by atoms with Gasteiger partial charge in [-0.3, -0.25) is 4.79 Å². The van der Waals surface area contributed by atoms with E-state index in [0.29, 0.717) is 23.3 Å². The number of benzene rings is 1. The lowest BCUT2D eigenvalue weighted by atomic mass is 9.97. The van der Waals surface area contributed by atoms with E-state index in [9.17, 15) is 9.18 Å². The molecule has 2 fully saturated rings. The Labute approximate surface area is 195 Å². The molecule has 3 aliphatic heterocycles. The van der Waals surface area contributed by atoms with E-state index in [0.717, 1.165) is 26.2 Å². The summed E-state index contributed by atoms with van der Waals surface area (Å²) in [6.45, 7) is 7.46. The molecule has 0 aliphatic carbocycles. The largest absolute Gasteiger partial charge is 0.361 e. The summed E-state index contributed by atoms with van der Waals surface area (Å²) >= 11 is 4.21. The number of pyridine rings is 1. The summed E-state index contributed by atoms with van der Waals surface area (Å²) in [5.74, 6) is -1.24. The van der Waals surface area contributed by atoms with E-state index in [2.05, 4.69) is 48.0 Å². The molecule has 2 saturated heterocycles. The van der Waals surface area contributed by atoms with Gasteiger partial charge in [-0.05, 0) is 19.9 Å². The zero-order chi connectivity index (χ0) is 20.6. The van der Waals surface area contributed by atoms with Gasteiger partial charge >= 0.3 is 0 Å². The van der Waals surface area contributed by atoms with Gasteiger partial charge in [-0.15, -0.1) is 0 Å². The van der Waals surface area contributed by atoms with Crippen LogP contribution in [0.5, 0.6) is 0 Å². The Bertz CT molecular complexity index is 1070. The van der Waals surface area contributed by atoms with Crippen LogP contribution in [0.15, 0.2) is 10.9 Å². The van der Waals surface area contributed by atoms with Crippen molar-refractivity contribution in [1.29, 1.82) is 0 Å². The van der Waals surface area contributed by atoms with Gasteiger partial charge in [0.2, 0.25) is 0 Å². The standard InChI is InChI=1S/C19H21F2I2N5O/c1-9-6-25-12(8-27(9)22)7-26(11-4-24-5-11)18-17(25)13-3-14(20)10(2)15(21)16(13)28(23)19(18)29/h3,9,11-12,24H,4-8H2,1-2H3. The van der Waals surface area contributed by atoms with Crippen LogP contribution in [-0.4, -0.2) is 56.7 Å². The molecule has 5 rings (SSSR count). The van der Waals surface area contributed by atoms with E-state index in [1.165, 1.54) is 15.8 Å². The molecule has 6 nitrogen and oxygen atoms in total. The maximum Gasteiger partial charge on any atom is 0.285 e. The van der Waals surface area contributed by atoms with Gasteiger partial charge in [-0.1, -0.05) is 0 Å². The van der Waals surface area contributed by atoms with E-state index in [4.69, 9.17) is 0 Å². The number of nitrogens with one attached hydrogen (secondary N) is 1. The van der Waals surface area contributed by atoms with Crippen LogP contribution in [0.4, 0.5) is 20.2 Å². The maximum absolute atomic E-state index is 15.1. The highest BCUT2D eigenvalue weighted by atomic mass is 127. The summed E-state index contributed by atoms with van der Waals surface area (Å²) in [7, 11) is 0. The van der Waals surface area contributed by atoms with Gasteiger partial charge in [-0.2, -0.15) is 0 Å². The van der Waals surface area contributed by atoms with Crippen LogP contribution in [0.3, 0.4) is 0 Å². The lowest BCUT2D eigenvalue weighted by Crippen LogP contribution is -2.67. The minimum absolute atomic E-state index is 0.0554. The Morgan fingerprint density at radius 3 is 2.41 bits per heavy atom. The number of aromatic nitrogens is 1. The van der Waals surface area contributed by atoms with Crippen molar-refractivity contribution in [1.82, 2.24) is 11.2 Å². The summed E-state index contributed by atoms with van der Waals surface area (Å²) in [4.78, 5) is 17.8. The van der Waals surface area contributed by atoms with Gasteiger partial charge in [0.25, 0.3) is 5.56 Å². The minimum atomic E-state index is -0.658. The molecule has 1 aromatic carbocycles. The highest BCUT2D eigenvalue weighted by Gasteiger charge is 2.43. The third-order valence-corrected chi connectivity index (χ3v) is 8.69. The molecular weight excluding hydrogens is 606 g/mol. The van der Waals surface area contributed by atoms with Crippen LogP contribution >= 0.6 is 45.7 Å². The summed E-state index contributed by atoms with van der Waals surface area (Å²) in [5, 5.41) is 3.75. The van der Waals surface area contributed by atoms with Crippen LogP contribution in [0.2, 0.25) is 0 Å². The molecule has 0 saturated carbocycles. The van der Waals surface area contributed by atoms with Crippen molar-refractivity contribution in [3.05, 3.63) is 33.6 Å². The number of nitrogens with zero attached hydrogens (tertiary/aromatic N) is 4. The normalized spacial score (nSPS) is 25.2. The highest BCUT2D eigenvalue weighted by molar-refractivity contribution is 14.1. The number of halogens is 4. The second-order valence-corrected chi connectivity index (χ2v) is 10.4. The minimum Gasteiger partial charge on any atom is -0.361 e. The molecule has 4 heterocycles. The molecule has 0 radical (unpaired) electrons. The van der Waals surface area contributed by atoms with Crippen molar-refractivity contribution in [2.45, 2.75) is 32.0 Å². The zero-order valence-corrected chi connectivity index (χ0v) is 20.4. The average Bonchev–Trinajstić information content (AvgIpc) is 2.63. The molecule has 0 spiro atoms. The first-order valence-corrected chi connectivity index (χ1v) is 11.6. The van der Waals surface area contributed by atoms with Crippen LogP contribution in [0.1, 0.15) is 12.5 Å². The first-order chi connectivity index (χ1) is 13.8. The Morgan fingerprint density at radius 2 is 1.76 bits per heavy atom. The van der Waals surface area contributed by atoms with Gasteiger partial charge in [-0.25, -0.2) is 14.7 Å². The summed E-state index contributed by atoms with van der Waals surface area (Å²) in [5.41, 5.74) is 1.15. The van der Waals surface area contributed by atoms with E-state index >= 15 is 4.39 Å². The molecule has 3 aliphatic rings. The lowest BCUT2D eigenvalue weighted by molar-refractivity contribution is 0.294. The van der Waals surface area contributed by atoms with Crippen molar-refractivity contribution >= 4 is 68.0 Å². The Balaban J connectivity index is 1.85. The Morgan fingerprint density at radius 1 is 1.07 bits per heavy atom. The van der Waals surface area contributed by atoms with Crippen molar-refractivity contribution in [3.8, 4) is 0 Å². The molecule has 0 amide bonds. The maximum atomic E-state index is 15.1. The molecule has 1 aromatic heterocycles. The fourth-order valence-electron chi connectivity index (χ4n) is 4.63. The first-order valence-electron chi connectivity index (χ1n) is 9.69. The molecular formula is C19H21F2I2N5O. The second kappa shape index (κ2) is 7.16. The van der Waals surface area contributed by atoms with Crippen LogP contribution < -0.4 is 20.7 Å². The van der Waals surface area contributed by atoms with Crippen molar-refractivity contribution in [2.75, 3.05) is 42.5 Å². The number of hydrogen-bond acceptors (Lipinski definition) is 5. The molecule has 2 unspecified atom stereocenters. The van der Waals surface area contributed by atoms with Gasteiger partial charge in [0.05, 0.1) is 46.2 Å². The summed E-state index contributed by atoms with van der Waals surface area (Å²) in [6, 6.07) is 2.06. The monoisotopic (exact) mass is 627 g/mol. The van der Waals surface area contributed by atoms with Crippen molar-refractivity contribution in [2.24, 2.45) is 0 Å². The van der Waals surface area contributed by atoms with E-state index < -0.39 is 11.6 Å². The summed E-state index contributed by atoms with van der Waals surface area (Å²) in [6.07, 6.45) is 0. The fraction of sp³-hybridized carbons (Fsp3) is 0.526. The number of hydrogen-bond donors (Lipinski definition) is 1. The van der Waals surface area contributed by atoms with Crippen LogP contribution in [0.25, 0.3) is 10.9 Å². The highest BCUT2D eigenvalue weighted by Crippen LogP contribution is 2.43. The van der Waals surface area contributed by atoms with E-state index in [-0.39, 0.29) is 34.8 Å². The van der Waals surface area contributed by atoms with Gasteiger partial charge in [0.15, 0.2) is 5.82 Å². The predicted octanol–water partition coefficient (Wildman–Crippen LogP) is 2.81. The lowest BCUT2D eigenvalue weighted by Gasteiger charge is -2.53. The average molecular weight is 627 g/mol. The van der Waals surface area contributed by atoms with Crippen molar-refractivity contribution < 1.29 is 8.78 Å². The number of piperazine rings is 1. The molecule has 29 heavy (non-hydrogen) atoms. The molecule has 2 atom stereocenters. The van der Waals surface area contributed by atoms with Gasteiger partial charge in [0.1, 0.15) is 11.5 Å². The van der Waals surface area contributed by atoms with E-state index in [1.807, 2.05) is 22.9 Å². The predicted molar refractivity (Wildman–Crippen MR) is 128 cm³/mol. The number of anilines is 2. The molecule has 156 valence electrons. The zero-order valence-electron chi connectivity index (χ0n) is 16.1. The van der Waals surface area contributed by atoms with Crippen molar-refractivity contribution in [3.63, 3.8) is 0 Å². The Hall–Kier alpha value is -0.730. The number of fused-ring (bicyclic) bond motifs is 5. The SMILES string of the molecule is Cc1c(F)cc2c3c(c(=O)n(I)c2c1F)N(C1CNC1)CC1CN(I)C(C)CN31. The third kappa shape index (κ3) is 2.92. The fourth-order valence-corrected chi connectivity index (χ4v) is 5.96. The first kappa shape index (κ1) is 20.2. The smallest absolute Gasteiger partial charge is 0.285 e. The van der Waals surface area contributed by atoms with Crippen LogP contribution in [-0.2, 0) is 0 Å². The topological polar surface area (TPSA) is 43.8 Å². The molecule has 0 bridgehead atoms.